The number of amidine groups is 1. The molecule has 0 amide bonds. The molecule has 5 nitrogen and oxygen atoms in total. The standard InChI is InChI=1S/C11H14F3N3O2S/c1-17(6-5-10(15)16)20(18,19)9-4-2-3-8(7-9)11(12,13)14/h2-4,7H,5-6H2,1H3,(H3,15,16). The fourth-order valence-corrected chi connectivity index (χ4v) is 2.63. The van der Waals surface area contributed by atoms with Gasteiger partial charge in [-0.3, -0.25) is 5.41 Å². The van der Waals surface area contributed by atoms with Crippen LogP contribution in [0.4, 0.5) is 13.2 Å². The van der Waals surface area contributed by atoms with Crippen molar-refractivity contribution in [1.82, 2.24) is 4.31 Å². The number of hydrogen-bond donors (Lipinski definition) is 2. The summed E-state index contributed by atoms with van der Waals surface area (Å²) < 4.78 is 62.7. The number of nitrogens with two attached hydrogens (primary N) is 1. The molecule has 0 saturated carbocycles. The second-order valence-electron chi connectivity index (χ2n) is 4.13. The monoisotopic (exact) mass is 309 g/mol. The van der Waals surface area contributed by atoms with Crippen molar-refractivity contribution in [2.45, 2.75) is 17.5 Å². The Kier molecular flexibility index (Phi) is 4.77. The van der Waals surface area contributed by atoms with Crippen LogP contribution in [0.2, 0.25) is 0 Å². The Morgan fingerprint density at radius 1 is 1.40 bits per heavy atom. The summed E-state index contributed by atoms with van der Waals surface area (Å²) >= 11 is 0. The van der Waals surface area contributed by atoms with Gasteiger partial charge in [0.05, 0.1) is 16.3 Å². The SMILES string of the molecule is CN(CCC(=N)N)S(=O)(=O)c1cccc(C(F)(F)F)c1. The molecule has 20 heavy (non-hydrogen) atoms. The highest BCUT2D eigenvalue weighted by Crippen LogP contribution is 2.30. The van der Waals surface area contributed by atoms with Crippen LogP contribution in [-0.4, -0.2) is 32.2 Å². The minimum absolute atomic E-state index is 0.00862. The summed E-state index contributed by atoms with van der Waals surface area (Å²) in [6, 6.07) is 3.51. The zero-order valence-corrected chi connectivity index (χ0v) is 11.4. The van der Waals surface area contributed by atoms with Crippen LogP contribution in [0.1, 0.15) is 12.0 Å². The molecule has 0 heterocycles. The van der Waals surface area contributed by atoms with Crippen LogP contribution in [-0.2, 0) is 16.2 Å². The van der Waals surface area contributed by atoms with Gasteiger partial charge in [0.25, 0.3) is 0 Å². The van der Waals surface area contributed by atoms with Crippen molar-refractivity contribution in [3.8, 4) is 0 Å². The van der Waals surface area contributed by atoms with Gasteiger partial charge in [0, 0.05) is 20.0 Å². The third kappa shape index (κ3) is 3.94. The summed E-state index contributed by atoms with van der Waals surface area (Å²) in [7, 11) is -2.82. The molecule has 0 atom stereocenters. The van der Waals surface area contributed by atoms with Gasteiger partial charge in [-0.1, -0.05) is 6.07 Å². The zero-order valence-electron chi connectivity index (χ0n) is 10.6. The van der Waals surface area contributed by atoms with E-state index in [1.54, 1.807) is 0 Å². The molecule has 0 unspecified atom stereocenters. The number of sulfonamides is 1. The highest BCUT2D eigenvalue weighted by atomic mass is 32.2. The lowest BCUT2D eigenvalue weighted by Gasteiger charge is -2.17. The molecule has 9 heteroatoms. The minimum Gasteiger partial charge on any atom is -0.388 e. The van der Waals surface area contributed by atoms with Crippen LogP contribution in [0, 0.1) is 5.41 Å². The number of alkyl halides is 3. The van der Waals surface area contributed by atoms with Gasteiger partial charge in [0.15, 0.2) is 0 Å². The van der Waals surface area contributed by atoms with Gasteiger partial charge in [0.2, 0.25) is 10.0 Å². The van der Waals surface area contributed by atoms with Crippen LogP contribution in [0.15, 0.2) is 29.2 Å². The van der Waals surface area contributed by atoms with Crippen molar-refractivity contribution >= 4 is 15.9 Å². The minimum atomic E-state index is -4.61. The molecule has 0 radical (unpaired) electrons. The number of benzene rings is 1. The molecular weight excluding hydrogens is 295 g/mol. The van der Waals surface area contributed by atoms with E-state index in [2.05, 4.69) is 0 Å². The third-order valence-corrected chi connectivity index (χ3v) is 4.42. The number of halogens is 3. The average Bonchev–Trinajstić information content (AvgIpc) is 2.34. The summed E-state index contributed by atoms with van der Waals surface area (Å²) in [5.74, 6) is -0.198. The molecule has 0 aromatic heterocycles. The van der Waals surface area contributed by atoms with Gasteiger partial charge >= 0.3 is 6.18 Å². The first kappa shape index (κ1) is 16.4. The summed E-state index contributed by atoms with van der Waals surface area (Å²) in [5.41, 5.74) is 4.09. The largest absolute Gasteiger partial charge is 0.416 e. The summed E-state index contributed by atoms with van der Waals surface area (Å²) in [4.78, 5) is -0.446. The molecule has 0 spiro atoms. The van der Waals surface area contributed by atoms with E-state index in [1.165, 1.54) is 7.05 Å². The molecular formula is C11H14F3N3O2S. The van der Waals surface area contributed by atoms with Crippen molar-refractivity contribution in [1.29, 1.82) is 5.41 Å². The maximum Gasteiger partial charge on any atom is 0.416 e. The zero-order chi connectivity index (χ0) is 15.6. The molecule has 0 aliphatic rings. The molecule has 1 rings (SSSR count). The van der Waals surface area contributed by atoms with E-state index in [0.29, 0.717) is 6.07 Å². The first-order valence-corrected chi connectivity index (χ1v) is 6.95. The Balaban J connectivity index is 3.07. The summed E-state index contributed by atoms with van der Waals surface area (Å²) in [6.07, 6.45) is -4.60. The van der Waals surface area contributed by atoms with Crippen LogP contribution in [0.5, 0.6) is 0 Å². The van der Waals surface area contributed by atoms with Gasteiger partial charge in [-0.05, 0) is 18.2 Å². The van der Waals surface area contributed by atoms with Crippen LogP contribution in [0.25, 0.3) is 0 Å². The van der Waals surface area contributed by atoms with E-state index in [1.807, 2.05) is 0 Å². The van der Waals surface area contributed by atoms with Crippen molar-refractivity contribution < 1.29 is 21.6 Å². The Labute approximate surface area is 114 Å². The maximum absolute atomic E-state index is 12.6. The normalized spacial score (nSPS) is 12.7. The van der Waals surface area contributed by atoms with E-state index in [4.69, 9.17) is 11.1 Å². The fraction of sp³-hybridized carbons (Fsp3) is 0.364. The molecule has 0 fully saturated rings. The maximum atomic E-state index is 12.6. The van der Waals surface area contributed by atoms with Crippen molar-refractivity contribution in [2.24, 2.45) is 5.73 Å². The van der Waals surface area contributed by atoms with E-state index in [0.717, 1.165) is 22.5 Å². The third-order valence-electron chi connectivity index (χ3n) is 2.57. The van der Waals surface area contributed by atoms with Crippen molar-refractivity contribution in [2.75, 3.05) is 13.6 Å². The van der Waals surface area contributed by atoms with Gasteiger partial charge in [-0.25, -0.2) is 12.7 Å². The quantitative estimate of drug-likeness (QED) is 0.640. The molecule has 112 valence electrons. The van der Waals surface area contributed by atoms with E-state index in [-0.39, 0.29) is 18.8 Å². The lowest BCUT2D eigenvalue weighted by atomic mass is 10.2. The number of nitrogens with zero attached hydrogens (tertiary/aromatic N) is 1. The van der Waals surface area contributed by atoms with Crippen LogP contribution >= 0.6 is 0 Å². The van der Waals surface area contributed by atoms with E-state index >= 15 is 0 Å². The molecule has 0 aliphatic carbocycles. The topological polar surface area (TPSA) is 87.2 Å². The summed E-state index contributed by atoms with van der Waals surface area (Å²) in [5, 5.41) is 7.02. The summed E-state index contributed by atoms with van der Waals surface area (Å²) in [6.45, 7) is -0.0755. The molecule has 3 N–H and O–H groups in total. The highest BCUT2D eigenvalue weighted by Gasteiger charge is 2.32. The Bertz CT molecular complexity index is 599. The lowest BCUT2D eigenvalue weighted by molar-refractivity contribution is -0.137. The molecule has 0 aliphatic heterocycles. The van der Waals surface area contributed by atoms with Crippen molar-refractivity contribution in [3.63, 3.8) is 0 Å². The lowest BCUT2D eigenvalue weighted by Crippen LogP contribution is -2.30. The molecule has 0 saturated heterocycles. The highest BCUT2D eigenvalue weighted by molar-refractivity contribution is 7.89. The second-order valence-corrected chi connectivity index (χ2v) is 6.17. The fourth-order valence-electron chi connectivity index (χ4n) is 1.41. The average molecular weight is 309 g/mol. The molecule has 0 bridgehead atoms. The Morgan fingerprint density at radius 2 is 2.00 bits per heavy atom. The van der Waals surface area contributed by atoms with E-state index < -0.39 is 26.7 Å². The first-order chi connectivity index (χ1) is 9.05. The van der Waals surface area contributed by atoms with E-state index in [9.17, 15) is 21.6 Å². The van der Waals surface area contributed by atoms with Crippen LogP contribution in [0.3, 0.4) is 0 Å². The predicted octanol–water partition coefficient (Wildman–Crippen LogP) is 1.65. The molecule has 1 aromatic carbocycles. The van der Waals surface area contributed by atoms with Gasteiger partial charge < -0.3 is 5.73 Å². The van der Waals surface area contributed by atoms with Gasteiger partial charge in [-0.15, -0.1) is 0 Å². The van der Waals surface area contributed by atoms with Crippen molar-refractivity contribution in [3.05, 3.63) is 29.8 Å². The number of hydrogen-bond acceptors (Lipinski definition) is 3. The smallest absolute Gasteiger partial charge is 0.388 e. The number of nitrogens with one attached hydrogen (secondary N) is 1. The van der Waals surface area contributed by atoms with Crippen LogP contribution < -0.4 is 5.73 Å². The second kappa shape index (κ2) is 5.80. The van der Waals surface area contributed by atoms with Gasteiger partial charge in [-0.2, -0.15) is 13.2 Å². The predicted molar refractivity (Wildman–Crippen MR) is 67.8 cm³/mol. The Hall–Kier alpha value is -1.61. The van der Waals surface area contributed by atoms with Gasteiger partial charge in [0.1, 0.15) is 0 Å². The number of rotatable bonds is 5. The Morgan fingerprint density at radius 3 is 2.50 bits per heavy atom. The molecule has 1 aromatic rings. The first-order valence-electron chi connectivity index (χ1n) is 5.51.